The van der Waals surface area contributed by atoms with Crippen LogP contribution in [-0.2, 0) is 6.18 Å². The van der Waals surface area contributed by atoms with Gasteiger partial charge >= 0.3 is 12.4 Å². The third kappa shape index (κ3) is 4.74. The molecule has 3 heterocycles. The molecule has 0 radical (unpaired) electrons. The largest absolute Gasteiger partial charge is 0.433 e. The molecule has 3 aromatic rings. The summed E-state index contributed by atoms with van der Waals surface area (Å²) in [5.74, 6) is -1.80. The summed E-state index contributed by atoms with van der Waals surface area (Å²) in [6.45, 7) is 0. The number of halogens is 7. The number of nitrogens with one attached hydrogen (secondary N) is 1. The van der Waals surface area contributed by atoms with Crippen molar-refractivity contribution in [3.63, 3.8) is 0 Å². The van der Waals surface area contributed by atoms with E-state index in [2.05, 4.69) is 15.0 Å². The molecule has 0 spiro atoms. The van der Waals surface area contributed by atoms with Crippen molar-refractivity contribution in [1.82, 2.24) is 15.0 Å². The van der Waals surface area contributed by atoms with Crippen LogP contribution in [0.4, 0.5) is 26.3 Å². The van der Waals surface area contributed by atoms with Crippen molar-refractivity contribution in [2.24, 2.45) is 5.92 Å². The van der Waals surface area contributed by atoms with Crippen molar-refractivity contribution >= 4 is 23.3 Å². The number of hydrogen-bond donors (Lipinski definition) is 1. The Morgan fingerprint density at radius 3 is 2.28 bits per heavy atom. The van der Waals surface area contributed by atoms with Gasteiger partial charge in [-0.1, -0.05) is 0 Å². The van der Waals surface area contributed by atoms with Gasteiger partial charge < -0.3 is 4.98 Å². The van der Waals surface area contributed by atoms with Gasteiger partial charge in [0.15, 0.2) is 5.43 Å². The topological polar surface area (TPSA) is 58.6 Å². The van der Waals surface area contributed by atoms with E-state index in [9.17, 15) is 31.1 Å². The molecule has 4 rings (SSSR count). The zero-order chi connectivity index (χ0) is 22.4. The highest BCUT2D eigenvalue weighted by atomic mass is 35.5. The van der Waals surface area contributed by atoms with Gasteiger partial charge in [-0.3, -0.25) is 14.8 Å². The van der Waals surface area contributed by atoms with Crippen LogP contribution in [0.15, 0.2) is 41.6 Å². The van der Waals surface area contributed by atoms with E-state index < -0.39 is 29.4 Å². The van der Waals surface area contributed by atoms with Crippen LogP contribution in [0.25, 0.3) is 22.2 Å². The summed E-state index contributed by atoms with van der Waals surface area (Å²) in [5.41, 5.74) is -0.481. The van der Waals surface area contributed by atoms with Gasteiger partial charge in [0.2, 0.25) is 0 Å². The van der Waals surface area contributed by atoms with Gasteiger partial charge in [0.05, 0.1) is 22.5 Å². The number of hydrogen-bond acceptors (Lipinski definition) is 3. The second-order valence-electron chi connectivity index (χ2n) is 7.71. The third-order valence-electron chi connectivity index (χ3n) is 5.78. The Kier molecular flexibility index (Phi) is 6.55. The number of aromatic amines is 1. The molecule has 0 aromatic carbocycles. The fraction of sp³-hybridized carbons (Fsp3) is 0.381. The van der Waals surface area contributed by atoms with Gasteiger partial charge in [-0.05, 0) is 49.3 Å². The molecule has 11 heteroatoms. The molecule has 4 nitrogen and oxygen atoms in total. The Morgan fingerprint density at radius 1 is 0.969 bits per heavy atom. The number of pyridine rings is 3. The first-order valence-corrected chi connectivity index (χ1v) is 9.65. The van der Waals surface area contributed by atoms with Crippen LogP contribution in [-0.4, -0.2) is 21.1 Å². The summed E-state index contributed by atoms with van der Waals surface area (Å²) in [7, 11) is 0. The molecule has 0 bridgehead atoms. The van der Waals surface area contributed by atoms with Crippen LogP contribution < -0.4 is 5.43 Å². The molecular weight excluding hydrogens is 460 g/mol. The van der Waals surface area contributed by atoms with Gasteiger partial charge in [0, 0.05) is 30.2 Å². The van der Waals surface area contributed by atoms with E-state index in [-0.39, 0.29) is 60.7 Å². The first kappa shape index (κ1) is 24.0. The summed E-state index contributed by atoms with van der Waals surface area (Å²) in [6, 6.07) is 3.56. The molecule has 0 aliphatic heterocycles. The number of alkyl halides is 6. The van der Waals surface area contributed by atoms with E-state index in [1.807, 2.05) is 0 Å². The minimum atomic E-state index is -4.71. The lowest BCUT2D eigenvalue weighted by atomic mass is 9.77. The highest BCUT2D eigenvalue weighted by Crippen LogP contribution is 2.45. The molecule has 1 aliphatic rings. The Morgan fingerprint density at radius 2 is 1.66 bits per heavy atom. The lowest BCUT2D eigenvalue weighted by Gasteiger charge is -2.31. The van der Waals surface area contributed by atoms with Crippen molar-refractivity contribution in [3.05, 3.63) is 58.3 Å². The van der Waals surface area contributed by atoms with Gasteiger partial charge in [-0.15, -0.1) is 12.4 Å². The predicted octanol–water partition coefficient (Wildman–Crippen LogP) is 6.26. The fourth-order valence-corrected chi connectivity index (χ4v) is 4.15. The van der Waals surface area contributed by atoms with Gasteiger partial charge in [0.25, 0.3) is 0 Å². The molecule has 3 aromatic heterocycles. The number of H-pyrrole nitrogens is 1. The number of aromatic nitrogens is 3. The zero-order valence-electron chi connectivity index (χ0n) is 16.4. The van der Waals surface area contributed by atoms with Crippen molar-refractivity contribution in [3.8, 4) is 11.3 Å². The maximum Gasteiger partial charge on any atom is 0.433 e. The molecule has 0 amide bonds. The normalized spacial score (nSPS) is 19.6. The van der Waals surface area contributed by atoms with Crippen molar-refractivity contribution in [2.75, 3.05) is 0 Å². The van der Waals surface area contributed by atoms with Crippen LogP contribution >= 0.6 is 12.4 Å². The summed E-state index contributed by atoms with van der Waals surface area (Å²) < 4.78 is 78.9. The molecular formula is C21H18ClF6N3O. The van der Waals surface area contributed by atoms with E-state index in [1.165, 1.54) is 24.5 Å². The molecule has 0 atom stereocenters. The predicted molar refractivity (Wildman–Crippen MR) is 109 cm³/mol. The Balaban J connectivity index is 0.00000289. The summed E-state index contributed by atoms with van der Waals surface area (Å²) in [6.07, 6.45) is -4.99. The molecule has 32 heavy (non-hydrogen) atoms. The average Bonchev–Trinajstić information content (AvgIpc) is 2.72. The summed E-state index contributed by atoms with van der Waals surface area (Å²) in [5, 5.41) is 0.281. The number of fused-ring (bicyclic) bond motifs is 1. The molecule has 0 unspecified atom stereocenters. The smallest absolute Gasteiger partial charge is 0.354 e. The highest BCUT2D eigenvalue weighted by molar-refractivity contribution is 5.85. The lowest BCUT2D eigenvalue weighted by Crippen LogP contribution is -2.27. The maximum atomic E-state index is 13.3. The van der Waals surface area contributed by atoms with Gasteiger partial charge in [-0.2, -0.15) is 26.3 Å². The van der Waals surface area contributed by atoms with Crippen LogP contribution in [0.2, 0.25) is 0 Å². The van der Waals surface area contributed by atoms with Crippen molar-refractivity contribution in [2.45, 2.75) is 44.0 Å². The zero-order valence-corrected chi connectivity index (χ0v) is 17.2. The Labute approximate surface area is 184 Å². The molecule has 1 fully saturated rings. The maximum absolute atomic E-state index is 13.3. The second-order valence-corrected chi connectivity index (χ2v) is 7.71. The average molecular weight is 478 g/mol. The minimum absolute atomic E-state index is 0. The molecule has 1 N–H and O–H groups in total. The summed E-state index contributed by atoms with van der Waals surface area (Å²) >= 11 is 0. The van der Waals surface area contributed by atoms with E-state index in [0.717, 1.165) is 12.3 Å². The molecule has 1 aliphatic carbocycles. The van der Waals surface area contributed by atoms with Crippen LogP contribution in [0.3, 0.4) is 0 Å². The first-order valence-electron chi connectivity index (χ1n) is 9.65. The van der Waals surface area contributed by atoms with Crippen molar-refractivity contribution in [1.29, 1.82) is 0 Å². The Hall–Kier alpha value is -2.62. The monoisotopic (exact) mass is 477 g/mol. The van der Waals surface area contributed by atoms with Crippen LogP contribution in [0.1, 0.15) is 42.9 Å². The molecule has 1 saturated carbocycles. The van der Waals surface area contributed by atoms with Crippen LogP contribution in [0, 0.1) is 5.92 Å². The standard InChI is InChI=1S/C21H17F6N3O.ClH/c22-20(23,24)12-3-1-11(2-4-12)14-10-29-19(21(25,26)27)7-13(14)17-8-18(31)15-9-28-6-5-16(15)30-17;/h5-12H,1-4H2,(H,30,31);1H. The fourth-order valence-electron chi connectivity index (χ4n) is 4.15. The molecule has 0 saturated heterocycles. The minimum Gasteiger partial charge on any atom is -0.354 e. The SMILES string of the molecule is Cl.O=c1cc(-c2cc(C(F)(F)F)ncc2C2CCC(C(F)(F)F)CC2)[nH]c2ccncc12. The third-order valence-corrected chi connectivity index (χ3v) is 5.78. The highest BCUT2D eigenvalue weighted by Gasteiger charge is 2.42. The van der Waals surface area contributed by atoms with E-state index >= 15 is 0 Å². The van der Waals surface area contributed by atoms with E-state index in [1.54, 1.807) is 0 Å². The summed E-state index contributed by atoms with van der Waals surface area (Å²) in [4.78, 5) is 22.8. The number of nitrogens with zero attached hydrogens (tertiary/aromatic N) is 2. The van der Waals surface area contributed by atoms with Crippen LogP contribution in [0.5, 0.6) is 0 Å². The van der Waals surface area contributed by atoms with Gasteiger partial charge in [-0.25, -0.2) is 0 Å². The first-order chi connectivity index (χ1) is 14.5. The Bertz CT molecular complexity index is 1170. The van der Waals surface area contributed by atoms with Gasteiger partial charge in [0.1, 0.15) is 5.69 Å². The lowest BCUT2D eigenvalue weighted by molar-refractivity contribution is -0.182. The molecule has 172 valence electrons. The second kappa shape index (κ2) is 8.73. The quantitative estimate of drug-likeness (QED) is 0.443. The van der Waals surface area contributed by atoms with E-state index in [4.69, 9.17) is 0 Å². The van der Waals surface area contributed by atoms with E-state index in [0.29, 0.717) is 11.1 Å². The van der Waals surface area contributed by atoms with Crippen molar-refractivity contribution < 1.29 is 26.3 Å². The number of rotatable bonds is 2.